The average molecular weight is 397 g/mol. The number of amides is 1. The number of fused-ring (bicyclic) bond motifs is 1. The van der Waals surface area contributed by atoms with Crippen LogP contribution in [-0.2, 0) is 9.53 Å². The number of esters is 1. The fraction of sp³-hybridized carbons (Fsp3) is 0.273. The first-order valence-electron chi connectivity index (χ1n) is 9.20. The van der Waals surface area contributed by atoms with Gasteiger partial charge >= 0.3 is 5.97 Å². The minimum Gasteiger partial charge on any atom is -0.484 e. The van der Waals surface area contributed by atoms with E-state index in [0.717, 1.165) is 10.1 Å². The van der Waals surface area contributed by atoms with Crippen molar-refractivity contribution >= 4 is 38.3 Å². The molecule has 28 heavy (non-hydrogen) atoms. The third-order valence-electron chi connectivity index (χ3n) is 4.24. The van der Waals surface area contributed by atoms with Gasteiger partial charge in [0, 0.05) is 10.1 Å². The normalized spacial score (nSPS) is 10.9. The van der Waals surface area contributed by atoms with E-state index in [4.69, 9.17) is 9.47 Å². The molecule has 2 aromatic carbocycles. The number of benzene rings is 2. The molecule has 3 aromatic rings. The van der Waals surface area contributed by atoms with Gasteiger partial charge in [-0.05, 0) is 36.6 Å². The predicted molar refractivity (Wildman–Crippen MR) is 112 cm³/mol. The average Bonchev–Trinajstić information content (AvgIpc) is 3.04. The van der Waals surface area contributed by atoms with Gasteiger partial charge in [-0.15, -0.1) is 11.3 Å². The van der Waals surface area contributed by atoms with E-state index in [1.807, 2.05) is 48.5 Å². The van der Waals surface area contributed by atoms with Gasteiger partial charge in [0.15, 0.2) is 6.61 Å². The van der Waals surface area contributed by atoms with Gasteiger partial charge in [-0.2, -0.15) is 0 Å². The van der Waals surface area contributed by atoms with Crippen LogP contribution in [0.4, 0.5) is 5.00 Å². The molecule has 5 nitrogen and oxygen atoms in total. The van der Waals surface area contributed by atoms with Gasteiger partial charge < -0.3 is 14.8 Å². The highest BCUT2D eigenvalue weighted by molar-refractivity contribution is 7.23. The summed E-state index contributed by atoms with van der Waals surface area (Å²) < 4.78 is 11.6. The van der Waals surface area contributed by atoms with Gasteiger partial charge in [0.25, 0.3) is 5.91 Å². The van der Waals surface area contributed by atoms with E-state index in [0.29, 0.717) is 22.2 Å². The molecule has 0 atom stereocenters. The second kappa shape index (κ2) is 8.89. The van der Waals surface area contributed by atoms with E-state index in [-0.39, 0.29) is 19.1 Å². The van der Waals surface area contributed by atoms with Crippen molar-refractivity contribution in [1.29, 1.82) is 0 Å². The second-order valence-electron chi connectivity index (χ2n) is 6.58. The van der Waals surface area contributed by atoms with Crippen molar-refractivity contribution in [3.63, 3.8) is 0 Å². The summed E-state index contributed by atoms with van der Waals surface area (Å²) in [5.74, 6) is 0.290. The molecule has 0 fully saturated rings. The fourth-order valence-electron chi connectivity index (χ4n) is 2.80. The van der Waals surface area contributed by atoms with E-state index < -0.39 is 5.97 Å². The van der Waals surface area contributed by atoms with Crippen LogP contribution in [0.1, 0.15) is 42.6 Å². The number of carbonyl (C=O) groups excluding carboxylic acids is 2. The molecule has 146 valence electrons. The van der Waals surface area contributed by atoms with Crippen LogP contribution in [0.5, 0.6) is 5.75 Å². The Labute approximate surface area is 168 Å². The zero-order valence-corrected chi connectivity index (χ0v) is 17.0. The van der Waals surface area contributed by atoms with Crippen LogP contribution in [0.3, 0.4) is 0 Å². The van der Waals surface area contributed by atoms with Gasteiger partial charge in [0.1, 0.15) is 16.3 Å². The molecule has 1 N–H and O–H groups in total. The number of carbonyl (C=O) groups is 2. The van der Waals surface area contributed by atoms with E-state index >= 15 is 0 Å². The lowest BCUT2D eigenvalue weighted by molar-refractivity contribution is -0.118. The molecule has 0 saturated heterocycles. The lowest BCUT2D eigenvalue weighted by atomic mass is 10.0. The van der Waals surface area contributed by atoms with Crippen molar-refractivity contribution in [3.05, 3.63) is 59.7 Å². The molecule has 3 rings (SSSR count). The molecule has 0 aliphatic rings. The molecule has 6 heteroatoms. The first-order chi connectivity index (χ1) is 13.5. The number of nitrogens with one attached hydrogen (secondary N) is 1. The summed E-state index contributed by atoms with van der Waals surface area (Å²) in [6.07, 6.45) is 0. The quantitative estimate of drug-likeness (QED) is 0.555. The van der Waals surface area contributed by atoms with E-state index in [1.54, 1.807) is 6.92 Å². The highest BCUT2D eigenvalue weighted by Crippen LogP contribution is 2.36. The molecule has 0 radical (unpaired) electrons. The van der Waals surface area contributed by atoms with Crippen molar-refractivity contribution in [2.45, 2.75) is 26.7 Å². The summed E-state index contributed by atoms with van der Waals surface area (Å²) in [6.45, 7) is 6.12. The van der Waals surface area contributed by atoms with Crippen molar-refractivity contribution in [3.8, 4) is 5.75 Å². The fourth-order valence-corrected chi connectivity index (χ4v) is 3.91. The Morgan fingerprint density at radius 3 is 2.46 bits per heavy atom. The Kier molecular flexibility index (Phi) is 6.31. The number of thiophene rings is 1. The van der Waals surface area contributed by atoms with Crippen LogP contribution in [-0.4, -0.2) is 25.1 Å². The van der Waals surface area contributed by atoms with Gasteiger partial charge in [-0.1, -0.05) is 44.2 Å². The minimum absolute atomic E-state index is 0.141. The zero-order chi connectivity index (χ0) is 20.1. The first-order valence-corrected chi connectivity index (χ1v) is 10.0. The lowest BCUT2D eigenvalue weighted by Crippen LogP contribution is -2.21. The SMILES string of the molecule is CCOC(=O)c1c(NC(=O)COc2ccc(C(C)C)cc2)sc2ccccc12. The zero-order valence-electron chi connectivity index (χ0n) is 16.2. The molecule has 1 amide bonds. The van der Waals surface area contributed by atoms with Crippen LogP contribution < -0.4 is 10.1 Å². The largest absolute Gasteiger partial charge is 0.484 e. The van der Waals surface area contributed by atoms with Crippen LogP contribution in [0.15, 0.2) is 48.5 Å². The van der Waals surface area contributed by atoms with Crippen molar-refractivity contribution in [2.75, 3.05) is 18.5 Å². The van der Waals surface area contributed by atoms with Gasteiger partial charge in [-0.25, -0.2) is 4.79 Å². The summed E-state index contributed by atoms with van der Waals surface area (Å²) in [6, 6.07) is 15.2. The molecule has 0 saturated carbocycles. The summed E-state index contributed by atoms with van der Waals surface area (Å²) in [7, 11) is 0. The highest BCUT2D eigenvalue weighted by Gasteiger charge is 2.21. The van der Waals surface area contributed by atoms with E-state index in [2.05, 4.69) is 19.2 Å². The first kappa shape index (κ1) is 19.9. The van der Waals surface area contributed by atoms with Gasteiger partial charge in [0.2, 0.25) is 0 Å². The lowest BCUT2D eigenvalue weighted by Gasteiger charge is -2.10. The molecule has 1 aromatic heterocycles. The molecule has 0 spiro atoms. The number of anilines is 1. The molecule has 0 aliphatic carbocycles. The monoisotopic (exact) mass is 397 g/mol. The molecule has 0 aliphatic heterocycles. The maximum atomic E-state index is 12.4. The van der Waals surface area contributed by atoms with Crippen LogP contribution in [0, 0.1) is 0 Å². The summed E-state index contributed by atoms with van der Waals surface area (Å²) in [5, 5.41) is 4.04. The maximum Gasteiger partial charge on any atom is 0.341 e. The second-order valence-corrected chi connectivity index (χ2v) is 7.64. The topological polar surface area (TPSA) is 64.6 Å². The molecular formula is C22H23NO4S. The van der Waals surface area contributed by atoms with Crippen molar-refractivity contribution < 1.29 is 19.1 Å². The molecule has 0 bridgehead atoms. The molecule has 1 heterocycles. The van der Waals surface area contributed by atoms with Crippen molar-refractivity contribution in [2.24, 2.45) is 0 Å². The third-order valence-corrected chi connectivity index (χ3v) is 5.33. The minimum atomic E-state index is -0.444. The Bertz CT molecular complexity index is 976. The Morgan fingerprint density at radius 2 is 1.79 bits per heavy atom. The van der Waals surface area contributed by atoms with Gasteiger partial charge in [-0.3, -0.25) is 4.79 Å². The standard InChI is InChI=1S/C22H23NO4S/c1-4-26-22(25)20-17-7-5-6-8-18(17)28-21(20)23-19(24)13-27-16-11-9-15(10-12-16)14(2)3/h5-12,14H,4,13H2,1-3H3,(H,23,24). The van der Waals surface area contributed by atoms with Crippen molar-refractivity contribution in [1.82, 2.24) is 0 Å². The highest BCUT2D eigenvalue weighted by atomic mass is 32.1. The number of hydrogen-bond donors (Lipinski definition) is 1. The Hall–Kier alpha value is -2.86. The summed E-state index contributed by atoms with van der Waals surface area (Å²) >= 11 is 1.34. The molecular weight excluding hydrogens is 374 g/mol. The Morgan fingerprint density at radius 1 is 1.07 bits per heavy atom. The molecule has 0 unspecified atom stereocenters. The van der Waals surface area contributed by atoms with Crippen LogP contribution >= 0.6 is 11.3 Å². The van der Waals surface area contributed by atoms with Crippen LogP contribution in [0.25, 0.3) is 10.1 Å². The summed E-state index contributed by atoms with van der Waals surface area (Å²) in [5.41, 5.74) is 1.60. The predicted octanol–water partition coefficient (Wildman–Crippen LogP) is 5.22. The van der Waals surface area contributed by atoms with Crippen LogP contribution in [0.2, 0.25) is 0 Å². The Balaban J connectivity index is 1.72. The van der Waals surface area contributed by atoms with Gasteiger partial charge in [0.05, 0.1) is 6.61 Å². The number of ether oxygens (including phenoxy) is 2. The number of rotatable bonds is 7. The maximum absolute atomic E-state index is 12.4. The van der Waals surface area contributed by atoms with E-state index in [9.17, 15) is 9.59 Å². The summed E-state index contributed by atoms with van der Waals surface area (Å²) in [4.78, 5) is 24.8. The number of hydrogen-bond acceptors (Lipinski definition) is 5. The smallest absolute Gasteiger partial charge is 0.341 e. The third kappa shape index (κ3) is 4.51. The van der Waals surface area contributed by atoms with E-state index in [1.165, 1.54) is 16.9 Å².